The zero-order valence-corrected chi connectivity index (χ0v) is 12.8. The van der Waals surface area contributed by atoms with Crippen molar-refractivity contribution in [3.8, 4) is 0 Å². The molecule has 5 heteroatoms. The fourth-order valence-electron chi connectivity index (χ4n) is 1.83. The van der Waals surface area contributed by atoms with Crippen LogP contribution in [0.5, 0.6) is 0 Å². The van der Waals surface area contributed by atoms with Gasteiger partial charge in [0.05, 0.1) is 0 Å². The van der Waals surface area contributed by atoms with E-state index in [4.69, 9.17) is 33.7 Å². The van der Waals surface area contributed by atoms with E-state index in [9.17, 15) is 4.79 Å². The molecular formula is C16H15Cl2NO2. The minimum Gasteiger partial charge on any atom is -0.461 e. The van der Waals surface area contributed by atoms with Gasteiger partial charge < -0.3 is 10.5 Å². The fourth-order valence-corrected chi connectivity index (χ4v) is 2.33. The second-order valence-electron chi connectivity index (χ2n) is 4.60. The molecule has 0 amide bonds. The summed E-state index contributed by atoms with van der Waals surface area (Å²) in [5.41, 5.74) is 7.98. The Balaban J connectivity index is 1.84. The molecule has 0 saturated heterocycles. The third-order valence-electron chi connectivity index (χ3n) is 3.04. The van der Waals surface area contributed by atoms with Gasteiger partial charge in [-0.2, -0.15) is 0 Å². The third-order valence-corrected chi connectivity index (χ3v) is 3.74. The molecule has 110 valence electrons. The first-order valence-corrected chi connectivity index (χ1v) is 7.25. The van der Waals surface area contributed by atoms with E-state index in [1.165, 1.54) is 0 Å². The summed E-state index contributed by atoms with van der Waals surface area (Å²) in [5.74, 6) is -0.289. The van der Waals surface area contributed by atoms with Crippen LogP contribution in [0.3, 0.4) is 0 Å². The highest BCUT2D eigenvalue weighted by atomic mass is 35.5. The maximum atomic E-state index is 11.7. The number of nitrogen functional groups attached to an aromatic ring is 1. The molecule has 0 fully saturated rings. The first kappa shape index (κ1) is 15.7. The molecule has 0 heterocycles. The number of nitrogens with two attached hydrogens (primary N) is 1. The molecule has 0 aliphatic rings. The largest absolute Gasteiger partial charge is 0.461 e. The smallest absolute Gasteiger partial charge is 0.306 e. The van der Waals surface area contributed by atoms with Gasteiger partial charge in [-0.15, -0.1) is 0 Å². The summed E-state index contributed by atoms with van der Waals surface area (Å²) in [5, 5.41) is 0.989. The maximum Gasteiger partial charge on any atom is 0.306 e. The molecule has 2 aromatic carbocycles. The van der Waals surface area contributed by atoms with E-state index < -0.39 is 0 Å². The van der Waals surface area contributed by atoms with Crippen molar-refractivity contribution in [3.63, 3.8) is 0 Å². The number of carbonyl (C=O) groups excluding carboxylic acids is 1. The summed E-state index contributed by atoms with van der Waals surface area (Å²) in [7, 11) is 0. The lowest BCUT2D eigenvalue weighted by molar-refractivity contribution is -0.144. The summed E-state index contributed by atoms with van der Waals surface area (Å²) in [6.07, 6.45) is 0.904. The highest BCUT2D eigenvalue weighted by Gasteiger charge is 2.09. The Labute approximate surface area is 133 Å². The van der Waals surface area contributed by atoms with Crippen molar-refractivity contribution in [3.05, 3.63) is 63.6 Å². The van der Waals surface area contributed by atoms with E-state index >= 15 is 0 Å². The number of rotatable bonds is 5. The number of hydrogen-bond acceptors (Lipinski definition) is 3. The van der Waals surface area contributed by atoms with Crippen LogP contribution in [0, 0.1) is 0 Å². The van der Waals surface area contributed by atoms with Gasteiger partial charge in [0.15, 0.2) is 0 Å². The Hall–Kier alpha value is -1.71. The molecule has 0 unspecified atom stereocenters. The summed E-state index contributed by atoms with van der Waals surface area (Å²) in [6, 6.07) is 12.6. The van der Waals surface area contributed by atoms with Crippen LogP contribution >= 0.6 is 23.2 Å². The van der Waals surface area contributed by atoms with Gasteiger partial charge in [-0.3, -0.25) is 4.79 Å². The van der Waals surface area contributed by atoms with Crippen molar-refractivity contribution in [1.82, 2.24) is 0 Å². The lowest BCUT2D eigenvalue weighted by atomic mass is 10.1. The van der Waals surface area contributed by atoms with Crippen molar-refractivity contribution in [2.75, 3.05) is 5.73 Å². The van der Waals surface area contributed by atoms with Crippen LogP contribution in [0.4, 0.5) is 5.69 Å². The topological polar surface area (TPSA) is 52.3 Å². The van der Waals surface area contributed by atoms with E-state index in [0.717, 1.165) is 5.56 Å². The van der Waals surface area contributed by atoms with Crippen LogP contribution < -0.4 is 5.73 Å². The van der Waals surface area contributed by atoms with Crippen LogP contribution in [-0.2, 0) is 22.6 Å². The average molecular weight is 324 g/mol. The van der Waals surface area contributed by atoms with Crippen molar-refractivity contribution in [2.45, 2.75) is 19.4 Å². The van der Waals surface area contributed by atoms with Gasteiger partial charge >= 0.3 is 5.97 Å². The van der Waals surface area contributed by atoms with Gasteiger partial charge in [-0.1, -0.05) is 41.4 Å². The number of carbonyl (C=O) groups is 1. The summed E-state index contributed by atoms with van der Waals surface area (Å²) < 4.78 is 5.20. The molecule has 0 aliphatic carbocycles. The van der Waals surface area contributed by atoms with Gasteiger partial charge in [-0.25, -0.2) is 0 Å². The zero-order valence-electron chi connectivity index (χ0n) is 11.3. The second kappa shape index (κ2) is 7.34. The molecule has 3 nitrogen and oxygen atoms in total. The molecule has 2 N–H and O–H groups in total. The summed E-state index contributed by atoms with van der Waals surface area (Å²) >= 11 is 12.0. The highest BCUT2D eigenvalue weighted by Crippen LogP contribution is 2.25. The Morgan fingerprint density at radius 3 is 2.29 bits per heavy atom. The molecule has 0 atom stereocenters. The number of halogens is 2. The quantitative estimate of drug-likeness (QED) is 0.661. The molecular weight excluding hydrogens is 309 g/mol. The fraction of sp³-hybridized carbons (Fsp3) is 0.188. The molecule has 0 aromatic heterocycles. The SMILES string of the molecule is Nc1ccc(CCC(=O)OCc2c(Cl)cccc2Cl)cc1. The molecule has 2 aromatic rings. The van der Waals surface area contributed by atoms with Crippen molar-refractivity contribution < 1.29 is 9.53 Å². The predicted molar refractivity (Wildman–Crippen MR) is 85.4 cm³/mol. The highest BCUT2D eigenvalue weighted by molar-refractivity contribution is 6.35. The van der Waals surface area contributed by atoms with E-state index in [1.807, 2.05) is 24.3 Å². The van der Waals surface area contributed by atoms with Gasteiger partial charge in [0, 0.05) is 27.7 Å². The van der Waals surface area contributed by atoms with Gasteiger partial charge in [0.1, 0.15) is 6.61 Å². The molecule has 2 rings (SSSR count). The second-order valence-corrected chi connectivity index (χ2v) is 5.42. The van der Waals surface area contributed by atoms with Gasteiger partial charge in [0.25, 0.3) is 0 Å². The van der Waals surface area contributed by atoms with Crippen LogP contribution in [0.2, 0.25) is 10.0 Å². The van der Waals surface area contributed by atoms with Crippen LogP contribution in [0.25, 0.3) is 0 Å². The number of hydrogen-bond donors (Lipinski definition) is 1. The monoisotopic (exact) mass is 323 g/mol. The molecule has 21 heavy (non-hydrogen) atoms. The molecule has 0 spiro atoms. The predicted octanol–water partition coefficient (Wildman–Crippen LogP) is 4.25. The summed E-state index contributed by atoms with van der Waals surface area (Å²) in [6.45, 7) is 0.0824. The number of aryl methyl sites for hydroxylation is 1. The minimum atomic E-state index is -0.289. The first-order valence-electron chi connectivity index (χ1n) is 6.49. The lowest BCUT2D eigenvalue weighted by Crippen LogP contribution is -2.06. The van der Waals surface area contributed by atoms with Gasteiger partial charge in [-0.05, 0) is 36.2 Å². The Bertz CT molecular complexity index is 606. The van der Waals surface area contributed by atoms with E-state index in [0.29, 0.717) is 34.1 Å². The van der Waals surface area contributed by atoms with E-state index in [1.54, 1.807) is 18.2 Å². The number of esters is 1. The van der Waals surface area contributed by atoms with Gasteiger partial charge in [0.2, 0.25) is 0 Å². The normalized spacial score (nSPS) is 10.4. The maximum absolute atomic E-state index is 11.7. The average Bonchev–Trinajstić information content (AvgIpc) is 2.46. The molecule has 0 saturated carbocycles. The Morgan fingerprint density at radius 2 is 1.67 bits per heavy atom. The number of ether oxygens (including phenoxy) is 1. The number of benzene rings is 2. The van der Waals surface area contributed by atoms with E-state index in [2.05, 4.69) is 0 Å². The standard InChI is InChI=1S/C16H15Cl2NO2/c17-14-2-1-3-15(18)13(14)10-21-16(20)9-6-11-4-7-12(19)8-5-11/h1-5,7-8H,6,9-10,19H2. The molecule has 0 aliphatic heterocycles. The van der Waals surface area contributed by atoms with Crippen molar-refractivity contribution >= 4 is 34.9 Å². The van der Waals surface area contributed by atoms with Crippen LogP contribution in [0.1, 0.15) is 17.5 Å². The third kappa shape index (κ3) is 4.66. The van der Waals surface area contributed by atoms with Crippen molar-refractivity contribution in [1.29, 1.82) is 0 Å². The first-order chi connectivity index (χ1) is 10.1. The summed E-state index contributed by atoms with van der Waals surface area (Å²) in [4.78, 5) is 11.7. The lowest BCUT2D eigenvalue weighted by Gasteiger charge is -2.08. The molecule has 0 bridgehead atoms. The van der Waals surface area contributed by atoms with Crippen LogP contribution in [0.15, 0.2) is 42.5 Å². The van der Waals surface area contributed by atoms with Crippen molar-refractivity contribution in [2.24, 2.45) is 0 Å². The Kier molecular flexibility index (Phi) is 5.48. The minimum absolute atomic E-state index is 0.0824. The Morgan fingerprint density at radius 1 is 1.05 bits per heavy atom. The molecule has 0 radical (unpaired) electrons. The number of anilines is 1. The van der Waals surface area contributed by atoms with Crippen LogP contribution in [-0.4, -0.2) is 5.97 Å². The van der Waals surface area contributed by atoms with E-state index in [-0.39, 0.29) is 12.6 Å². The zero-order chi connectivity index (χ0) is 15.2.